The molecule has 27 heavy (non-hydrogen) atoms. The molecule has 0 bridgehead atoms. The van der Waals surface area contributed by atoms with Gasteiger partial charge < -0.3 is 25.0 Å². The molecular formula is C20H35IN4O2. The number of ether oxygens (including phenoxy) is 2. The van der Waals surface area contributed by atoms with Crippen molar-refractivity contribution in [2.45, 2.75) is 44.8 Å². The van der Waals surface area contributed by atoms with E-state index in [1.165, 1.54) is 25.7 Å². The summed E-state index contributed by atoms with van der Waals surface area (Å²) in [5.41, 5.74) is 0. The summed E-state index contributed by atoms with van der Waals surface area (Å²) in [6.07, 6.45) is 5.40. The maximum atomic E-state index is 5.96. The highest BCUT2D eigenvalue weighted by atomic mass is 127. The molecule has 1 fully saturated rings. The van der Waals surface area contributed by atoms with Crippen LogP contribution >= 0.6 is 24.0 Å². The van der Waals surface area contributed by atoms with Crippen molar-refractivity contribution in [2.75, 3.05) is 40.8 Å². The van der Waals surface area contributed by atoms with Gasteiger partial charge in [0.25, 0.3) is 0 Å². The molecule has 6 nitrogen and oxygen atoms in total. The van der Waals surface area contributed by atoms with E-state index in [2.05, 4.69) is 27.6 Å². The molecule has 1 aromatic rings. The quantitative estimate of drug-likeness (QED) is 0.317. The molecular weight excluding hydrogens is 455 g/mol. The molecule has 0 heterocycles. The molecule has 1 aliphatic rings. The number of methoxy groups -OCH3 is 1. The van der Waals surface area contributed by atoms with Gasteiger partial charge in [0.15, 0.2) is 17.5 Å². The minimum absolute atomic E-state index is 0. The number of para-hydroxylation sites is 2. The van der Waals surface area contributed by atoms with E-state index in [9.17, 15) is 0 Å². The third-order valence-corrected chi connectivity index (χ3v) is 4.88. The Morgan fingerprint density at radius 1 is 1.22 bits per heavy atom. The standard InChI is InChI=1S/C20H34N4O2.HI/c1-16(26-19-12-8-7-11-18(19)25-4)15-23-20(21-2)22-13-14-24(3)17-9-5-6-10-17;/h7-8,11-12,16-17H,5-6,9-10,13-15H2,1-4H3,(H2,21,22,23);1H. The summed E-state index contributed by atoms with van der Waals surface area (Å²) in [4.78, 5) is 6.75. The number of rotatable bonds is 9. The van der Waals surface area contributed by atoms with Crippen molar-refractivity contribution in [3.63, 3.8) is 0 Å². The van der Waals surface area contributed by atoms with Gasteiger partial charge in [-0.3, -0.25) is 4.99 Å². The van der Waals surface area contributed by atoms with E-state index in [1.54, 1.807) is 14.2 Å². The molecule has 0 spiro atoms. The van der Waals surface area contributed by atoms with Gasteiger partial charge in [0.2, 0.25) is 0 Å². The van der Waals surface area contributed by atoms with E-state index >= 15 is 0 Å². The molecule has 1 unspecified atom stereocenters. The first-order valence-electron chi connectivity index (χ1n) is 9.58. The SMILES string of the molecule is CN=C(NCCN(C)C1CCCC1)NCC(C)Oc1ccccc1OC.I. The molecule has 0 aromatic heterocycles. The van der Waals surface area contributed by atoms with Crippen molar-refractivity contribution in [1.82, 2.24) is 15.5 Å². The zero-order chi connectivity index (χ0) is 18.8. The Morgan fingerprint density at radius 2 is 1.89 bits per heavy atom. The van der Waals surface area contributed by atoms with Gasteiger partial charge in [0.05, 0.1) is 13.7 Å². The maximum Gasteiger partial charge on any atom is 0.191 e. The number of nitrogens with zero attached hydrogens (tertiary/aromatic N) is 2. The van der Waals surface area contributed by atoms with E-state index in [-0.39, 0.29) is 30.1 Å². The second-order valence-electron chi connectivity index (χ2n) is 6.88. The number of guanidine groups is 1. The van der Waals surface area contributed by atoms with Crippen molar-refractivity contribution in [3.8, 4) is 11.5 Å². The smallest absolute Gasteiger partial charge is 0.191 e. The summed E-state index contributed by atoms with van der Waals surface area (Å²) in [6, 6.07) is 8.45. The minimum Gasteiger partial charge on any atom is -0.493 e. The first-order valence-corrected chi connectivity index (χ1v) is 9.58. The van der Waals surface area contributed by atoms with Gasteiger partial charge in [-0.05, 0) is 38.9 Å². The fourth-order valence-electron chi connectivity index (χ4n) is 3.31. The Hall–Kier alpha value is -1.22. The van der Waals surface area contributed by atoms with Gasteiger partial charge in [0.1, 0.15) is 6.10 Å². The lowest BCUT2D eigenvalue weighted by atomic mass is 10.2. The Bertz CT molecular complexity index is 565. The number of benzene rings is 1. The summed E-state index contributed by atoms with van der Waals surface area (Å²) in [5, 5.41) is 6.71. The van der Waals surface area contributed by atoms with E-state index in [0.717, 1.165) is 36.6 Å². The monoisotopic (exact) mass is 490 g/mol. The first-order chi connectivity index (χ1) is 12.6. The fourth-order valence-corrected chi connectivity index (χ4v) is 3.31. The van der Waals surface area contributed by atoms with Crippen molar-refractivity contribution in [2.24, 2.45) is 4.99 Å². The Labute approximate surface area is 181 Å². The van der Waals surface area contributed by atoms with Crippen molar-refractivity contribution < 1.29 is 9.47 Å². The summed E-state index contributed by atoms with van der Waals surface area (Å²) in [5.74, 6) is 2.31. The number of hydrogen-bond donors (Lipinski definition) is 2. The third-order valence-electron chi connectivity index (χ3n) is 4.88. The average Bonchev–Trinajstić information content (AvgIpc) is 3.19. The third kappa shape index (κ3) is 8.13. The Kier molecular flexibility index (Phi) is 11.5. The van der Waals surface area contributed by atoms with Crippen molar-refractivity contribution >= 4 is 29.9 Å². The molecule has 1 saturated carbocycles. The van der Waals surface area contributed by atoms with Crippen LogP contribution in [0.5, 0.6) is 11.5 Å². The van der Waals surface area contributed by atoms with Gasteiger partial charge in [-0.15, -0.1) is 24.0 Å². The number of nitrogens with one attached hydrogen (secondary N) is 2. The Balaban J connectivity index is 0.00000364. The zero-order valence-electron chi connectivity index (χ0n) is 17.0. The molecule has 0 amide bonds. The first kappa shape index (κ1) is 23.8. The molecule has 2 rings (SSSR count). The summed E-state index contributed by atoms with van der Waals surface area (Å²) < 4.78 is 11.3. The van der Waals surface area contributed by atoms with E-state index < -0.39 is 0 Å². The zero-order valence-corrected chi connectivity index (χ0v) is 19.4. The van der Waals surface area contributed by atoms with Gasteiger partial charge in [0, 0.05) is 26.2 Å². The van der Waals surface area contributed by atoms with E-state index in [1.807, 2.05) is 31.2 Å². The van der Waals surface area contributed by atoms with Gasteiger partial charge in [-0.2, -0.15) is 0 Å². The van der Waals surface area contributed by atoms with E-state index in [0.29, 0.717) is 6.54 Å². The maximum absolute atomic E-state index is 5.96. The van der Waals surface area contributed by atoms with Gasteiger partial charge >= 0.3 is 0 Å². The molecule has 0 aliphatic heterocycles. The van der Waals surface area contributed by atoms with Crippen LogP contribution in [-0.4, -0.2) is 63.8 Å². The lowest BCUT2D eigenvalue weighted by Crippen LogP contribution is -2.45. The minimum atomic E-state index is -0.00832. The van der Waals surface area contributed by atoms with Crippen LogP contribution in [0.2, 0.25) is 0 Å². The van der Waals surface area contributed by atoms with Gasteiger partial charge in [-0.25, -0.2) is 0 Å². The number of hydrogen-bond acceptors (Lipinski definition) is 4. The van der Waals surface area contributed by atoms with Crippen LogP contribution in [0.1, 0.15) is 32.6 Å². The summed E-state index contributed by atoms with van der Waals surface area (Å²) in [6.45, 7) is 4.60. The van der Waals surface area contributed by atoms with Crippen LogP contribution in [-0.2, 0) is 0 Å². The lowest BCUT2D eigenvalue weighted by molar-refractivity contribution is 0.213. The van der Waals surface area contributed by atoms with E-state index in [4.69, 9.17) is 9.47 Å². The highest BCUT2D eigenvalue weighted by molar-refractivity contribution is 14.0. The summed E-state index contributed by atoms with van der Waals surface area (Å²) >= 11 is 0. The predicted octanol–water partition coefficient (Wildman–Crippen LogP) is 3.12. The highest BCUT2D eigenvalue weighted by Crippen LogP contribution is 2.26. The molecule has 1 atom stereocenters. The normalized spacial score (nSPS) is 16.0. The molecule has 1 aliphatic carbocycles. The predicted molar refractivity (Wildman–Crippen MR) is 123 cm³/mol. The van der Waals surface area contributed by atoms with Crippen molar-refractivity contribution in [1.29, 1.82) is 0 Å². The van der Waals surface area contributed by atoms with Crippen LogP contribution in [0.25, 0.3) is 0 Å². The molecule has 2 N–H and O–H groups in total. The molecule has 0 saturated heterocycles. The highest BCUT2D eigenvalue weighted by Gasteiger charge is 2.18. The second-order valence-corrected chi connectivity index (χ2v) is 6.88. The van der Waals surface area contributed by atoms with Crippen LogP contribution in [0.4, 0.5) is 0 Å². The fraction of sp³-hybridized carbons (Fsp3) is 0.650. The molecule has 0 radical (unpaired) electrons. The van der Waals surface area contributed by atoms with Gasteiger partial charge in [-0.1, -0.05) is 25.0 Å². The van der Waals surface area contributed by atoms with Crippen LogP contribution in [0.15, 0.2) is 29.3 Å². The summed E-state index contributed by atoms with van der Waals surface area (Å²) in [7, 11) is 5.66. The topological polar surface area (TPSA) is 58.1 Å². The average molecular weight is 490 g/mol. The van der Waals surface area contributed by atoms with Crippen molar-refractivity contribution in [3.05, 3.63) is 24.3 Å². The lowest BCUT2D eigenvalue weighted by Gasteiger charge is -2.24. The molecule has 154 valence electrons. The molecule has 1 aromatic carbocycles. The Morgan fingerprint density at radius 3 is 2.52 bits per heavy atom. The number of aliphatic imine (C=N–C) groups is 1. The second kappa shape index (κ2) is 13.0. The number of halogens is 1. The van der Waals surface area contributed by atoms with Crippen LogP contribution < -0.4 is 20.1 Å². The van der Waals surface area contributed by atoms with Crippen LogP contribution in [0, 0.1) is 0 Å². The molecule has 7 heteroatoms. The number of likely N-dealkylation sites (N-methyl/N-ethyl adjacent to an activating group) is 1. The largest absolute Gasteiger partial charge is 0.493 e. The van der Waals surface area contributed by atoms with Crippen LogP contribution in [0.3, 0.4) is 0 Å².